The van der Waals surface area contributed by atoms with E-state index in [2.05, 4.69) is 15.6 Å². The Labute approximate surface area is 166 Å². The number of rotatable bonds is 4. The highest BCUT2D eigenvalue weighted by molar-refractivity contribution is 6.00. The molecular formula is C18H14F4N6O2. The number of nitrogen functional groups attached to an aromatic ring is 1. The van der Waals surface area contributed by atoms with Gasteiger partial charge in [-0.2, -0.15) is 13.2 Å². The van der Waals surface area contributed by atoms with E-state index >= 15 is 0 Å². The van der Waals surface area contributed by atoms with Crippen LogP contribution in [0.15, 0.2) is 48.8 Å². The van der Waals surface area contributed by atoms with Gasteiger partial charge in [0.25, 0.3) is 5.91 Å². The van der Waals surface area contributed by atoms with E-state index in [1.807, 2.05) is 0 Å². The number of anilines is 3. The van der Waals surface area contributed by atoms with Gasteiger partial charge in [0, 0.05) is 17.1 Å². The topological polar surface area (TPSA) is 128 Å². The maximum Gasteiger partial charge on any atom is 0.416 e. The molecule has 0 bridgehead atoms. The number of alkyl halides is 3. The van der Waals surface area contributed by atoms with E-state index in [-0.39, 0.29) is 22.9 Å². The summed E-state index contributed by atoms with van der Waals surface area (Å²) in [5.41, 5.74) is 10.1. The van der Waals surface area contributed by atoms with E-state index in [1.54, 1.807) is 12.1 Å². The standard InChI is InChI=1S/C18H14F4N6O2/c19-10-5-9(18(20,21)22)6-12(7-10)27-17(30)26-11-1-3-13(4-2-11)28-8-25-14(15(28)23)16(24)29/h1-8H,23H2,(H2,24,29)(H2,26,27,30). The number of imidazole rings is 1. The van der Waals surface area contributed by atoms with E-state index in [9.17, 15) is 27.2 Å². The van der Waals surface area contributed by atoms with Crippen LogP contribution in [0.5, 0.6) is 0 Å². The Morgan fingerprint density at radius 1 is 1.00 bits per heavy atom. The lowest BCUT2D eigenvalue weighted by Crippen LogP contribution is -2.20. The molecule has 0 unspecified atom stereocenters. The van der Waals surface area contributed by atoms with Crippen molar-refractivity contribution >= 4 is 29.1 Å². The molecule has 12 heteroatoms. The maximum absolute atomic E-state index is 13.4. The third-order valence-corrected chi connectivity index (χ3v) is 3.92. The zero-order valence-corrected chi connectivity index (χ0v) is 15.0. The first-order valence-electron chi connectivity index (χ1n) is 8.23. The number of nitrogens with two attached hydrogens (primary N) is 2. The van der Waals surface area contributed by atoms with Crippen molar-refractivity contribution in [2.45, 2.75) is 6.18 Å². The average molecular weight is 422 g/mol. The number of nitrogens with one attached hydrogen (secondary N) is 2. The van der Waals surface area contributed by atoms with Crippen molar-refractivity contribution in [2.75, 3.05) is 16.4 Å². The molecule has 6 N–H and O–H groups in total. The molecule has 30 heavy (non-hydrogen) atoms. The highest BCUT2D eigenvalue weighted by Crippen LogP contribution is 2.31. The number of carbonyl (C=O) groups is 2. The van der Waals surface area contributed by atoms with Crippen LogP contribution in [-0.2, 0) is 6.18 Å². The Kier molecular flexibility index (Phi) is 5.32. The number of aromatic nitrogens is 2. The fraction of sp³-hybridized carbons (Fsp3) is 0.0556. The highest BCUT2D eigenvalue weighted by atomic mass is 19.4. The second-order valence-electron chi connectivity index (χ2n) is 6.07. The molecule has 0 saturated carbocycles. The summed E-state index contributed by atoms with van der Waals surface area (Å²) in [7, 11) is 0. The van der Waals surface area contributed by atoms with Crippen molar-refractivity contribution in [1.29, 1.82) is 0 Å². The van der Waals surface area contributed by atoms with Crippen LogP contribution in [0, 0.1) is 5.82 Å². The van der Waals surface area contributed by atoms with Gasteiger partial charge in [0.1, 0.15) is 18.0 Å². The molecule has 1 aromatic heterocycles. The summed E-state index contributed by atoms with van der Waals surface area (Å²) in [6, 6.07) is 6.87. The van der Waals surface area contributed by atoms with Crippen LogP contribution >= 0.6 is 0 Å². The van der Waals surface area contributed by atoms with Crippen molar-refractivity contribution in [3.8, 4) is 5.69 Å². The lowest BCUT2D eigenvalue weighted by Gasteiger charge is -2.12. The van der Waals surface area contributed by atoms with E-state index in [0.717, 1.165) is 6.07 Å². The van der Waals surface area contributed by atoms with Crippen molar-refractivity contribution in [1.82, 2.24) is 9.55 Å². The second-order valence-corrected chi connectivity index (χ2v) is 6.07. The van der Waals surface area contributed by atoms with Crippen molar-refractivity contribution in [3.05, 3.63) is 65.9 Å². The molecular weight excluding hydrogens is 408 g/mol. The van der Waals surface area contributed by atoms with Crippen molar-refractivity contribution in [2.24, 2.45) is 5.73 Å². The van der Waals surface area contributed by atoms with Crippen molar-refractivity contribution < 1.29 is 27.2 Å². The minimum absolute atomic E-state index is 0.0347. The van der Waals surface area contributed by atoms with Crippen LogP contribution in [0.1, 0.15) is 16.1 Å². The predicted octanol–water partition coefficient (Wildman–Crippen LogP) is 3.36. The van der Waals surface area contributed by atoms with Crippen LogP contribution in [0.4, 0.5) is 39.5 Å². The zero-order chi connectivity index (χ0) is 22.1. The summed E-state index contributed by atoms with van der Waals surface area (Å²) in [5, 5.41) is 4.54. The molecule has 156 valence electrons. The number of nitrogens with zero attached hydrogens (tertiary/aromatic N) is 2. The molecule has 0 aliphatic heterocycles. The number of carbonyl (C=O) groups excluding carboxylic acids is 2. The van der Waals surface area contributed by atoms with Crippen LogP contribution in [0.25, 0.3) is 5.69 Å². The Bertz CT molecular complexity index is 1110. The third-order valence-electron chi connectivity index (χ3n) is 3.92. The van der Waals surface area contributed by atoms with Gasteiger partial charge >= 0.3 is 12.2 Å². The third kappa shape index (κ3) is 4.48. The SMILES string of the molecule is NC(=O)c1ncn(-c2ccc(NC(=O)Nc3cc(F)cc(C(F)(F)F)c3)cc2)c1N. The second kappa shape index (κ2) is 7.73. The number of benzene rings is 2. The van der Waals surface area contributed by atoms with Gasteiger partial charge in [0.05, 0.1) is 5.56 Å². The van der Waals surface area contributed by atoms with Gasteiger partial charge in [-0.25, -0.2) is 14.2 Å². The summed E-state index contributed by atoms with van der Waals surface area (Å²) in [6.45, 7) is 0. The summed E-state index contributed by atoms with van der Waals surface area (Å²) in [4.78, 5) is 27.1. The fourth-order valence-electron chi connectivity index (χ4n) is 2.58. The molecule has 0 saturated heterocycles. The van der Waals surface area contributed by atoms with E-state index in [0.29, 0.717) is 17.8 Å². The number of urea groups is 1. The van der Waals surface area contributed by atoms with E-state index in [4.69, 9.17) is 11.5 Å². The summed E-state index contributed by atoms with van der Waals surface area (Å²) in [6.07, 6.45) is -3.46. The Morgan fingerprint density at radius 2 is 1.63 bits per heavy atom. The van der Waals surface area contributed by atoms with Crippen LogP contribution in [0.2, 0.25) is 0 Å². The van der Waals surface area contributed by atoms with Crippen molar-refractivity contribution in [3.63, 3.8) is 0 Å². The fourth-order valence-corrected chi connectivity index (χ4v) is 2.58. The monoisotopic (exact) mass is 422 g/mol. The normalized spacial score (nSPS) is 11.2. The van der Waals surface area contributed by atoms with Gasteiger partial charge in [-0.3, -0.25) is 9.36 Å². The quantitative estimate of drug-likeness (QED) is 0.481. The molecule has 0 atom stereocenters. The molecule has 1 heterocycles. The number of amides is 3. The van der Waals surface area contributed by atoms with Crippen LogP contribution < -0.4 is 22.1 Å². The smallest absolute Gasteiger partial charge is 0.383 e. The van der Waals surface area contributed by atoms with E-state index < -0.39 is 29.5 Å². The predicted molar refractivity (Wildman–Crippen MR) is 101 cm³/mol. The summed E-state index contributed by atoms with van der Waals surface area (Å²) in [5.74, 6) is -1.89. The number of hydrogen-bond acceptors (Lipinski definition) is 4. The molecule has 3 amide bonds. The lowest BCUT2D eigenvalue weighted by atomic mass is 10.2. The highest BCUT2D eigenvalue weighted by Gasteiger charge is 2.31. The first-order chi connectivity index (χ1) is 14.0. The van der Waals surface area contributed by atoms with Crippen LogP contribution in [0.3, 0.4) is 0 Å². The molecule has 2 aromatic carbocycles. The minimum Gasteiger partial charge on any atom is -0.383 e. The largest absolute Gasteiger partial charge is 0.416 e. The molecule has 0 radical (unpaired) electrons. The number of halogens is 4. The first kappa shape index (κ1) is 20.6. The molecule has 3 aromatic rings. The van der Waals surface area contributed by atoms with Gasteiger partial charge in [-0.1, -0.05) is 0 Å². The Hall–Kier alpha value is -4.09. The van der Waals surface area contributed by atoms with Crippen LogP contribution in [-0.4, -0.2) is 21.5 Å². The van der Waals surface area contributed by atoms with Gasteiger partial charge in [0.2, 0.25) is 0 Å². The number of hydrogen-bond donors (Lipinski definition) is 4. The molecule has 0 aliphatic rings. The molecule has 0 fully saturated rings. The lowest BCUT2D eigenvalue weighted by molar-refractivity contribution is -0.137. The first-order valence-corrected chi connectivity index (χ1v) is 8.23. The average Bonchev–Trinajstić information content (AvgIpc) is 3.03. The maximum atomic E-state index is 13.4. The Balaban J connectivity index is 1.71. The number of primary amides is 1. The minimum atomic E-state index is -4.76. The molecule has 0 spiro atoms. The summed E-state index contributed by atoms with van der Waals surface area (Å²) < 4.78 is 53.0. The van der Waals surface area contributed by atoms with E-state index in [1.165, 1.54) is 23.0 Å². The molecule has 8 nitrogen and oxygen atoms in total. The van der Waals surface area contributed by atoms with Gasteiger partial charge in [0.15, 0.2) is 5.69 Å². The Morgan fingerprint density at radius 3 is 2.20 bits per heavy atom. The van der Waals surface area contributed by atoms with Gasteiger partial charge in [-0.05, 0) is 42.5 Å². The van der Waals surface area contributed by atoms with Gasteiger partial charge in [-0.15, -0.1) is 0 Å². The molecule has 3 rings (SSSR count). The zero-order valence-electron chi connectivity index (χ0n) is 15.0. The molecule has 0 aliphatic carbocycles. The van der Waals surface area contributed by atoms with Gasteiger partial charge < -0.3 is 22.1 Å². The summed E-state index contributed by atoms with van der Waals surface area (Å²) >= 11 is 0.